The van der Waals surface area contributed by atoms with Gasteiger partial charge in [0.25, 0.3) is 5.71 Å². The van der Waals surface area contributed by atoms with E-state index in [0.717, 1.165) is 5.56 Å². The van der Waals surface area contributed by atoms with Crippen molar-refractivity contribution >= 4 is 22.6 Å². The molecule has 0 saturated heterocycles. The van der Waals surface area contributed by atoms with Gasteiger partial charge in [-0.3, -0.25) is 0 Å². The summed E-state index contributed by atoms with van der Waals surface area (Å²) in [6.07, 6.45) is 1.43. The molecule has 7 heteroatoms. The minimum atomic E-state index is 0.407. The Morgan fingerprint density at radius 3 is 2.52 bits per heavy atom. The van der Waals surface area contributed by atoms with Gasteiger partial charge in [-0.25, -0.2) is 4.98 Å². The lowest BCUT2D eigenvalue weighted by atomic mass is 10.1. The average Bonchev–Trinajstić information content (AvgIpc) is 3.14. The third-order valence-corrected chi connectivity index (χ3v) is 4.26. The summed E-state index contributed by atoms with van der Waals surface area (Å²) in [5.41, 5.74) is 3.89. The van der Waals surface area contributed by atoms with Crippen LogP contribution in [0, 0.1) is 6.92 Å². The van der Waals surface area contributed by atoms with Crippen LogP contribution in [0.15, 0.2) is 53.3 Å². The van der Waals surface area contributed by atoms with Gasteiger partial charge >= 0.3 is 0 Å². The predicted octanol–water partition coefficient (Wildman–Crippen LogP) is 4.35. The van der Waals surface area contributed by atoms with E-state index in [1.807, 2.05) is 49.4 Å². The van der Waals surface area contributed by atoms with Crippen molar-refractivity contribution in [3.8, 4) is 22.8 Å². The van der Waals surface area contributed by atoms with Gasteiger partial charge in [0.05, 0.1) is 19.9 Å². The quantitative estimate of drug-likeness (QED) is 0.565. The first kappa shape index (κ1) is 16.8. The number of ether oxygens (including phenoxy) is 2. The summed E-state index contributed by atoms with van der Waals surface area (Å²) in [6.45, 7) is 2.04. The van der Waals surface area contributed by atoms with Gasteiger partial charge in [-0.1, -0.05) is 35.0 Å². The molecule has 7 nitrogen and oxygen atoms in total. The van der Waals surface area contributed by atoms with Gasteiger partial charge in [-0.2, -0.15) is 4.98 Å². The van der Waals surface area contributed by atoms with Crippen molar-refractivity contribution in [2.45, 2.75) is 6.92 Å². The van der Waals surface area contributed by atoms with Gasteiger partial charge in [-0.15, -0.1) is 0 Å². The summed E-state index contributed by atoms with van der Waals surface area (Å²) in [7, 11) is 3.23. The second kappa shape index (κ2) is 6.95. The van der Waals surface area contributed by atoms with E-state index >= 15 is 0 Å². The topological polar surface area (TPSA) is 82.3 Å². The van der Waals surface area contributed by atoms with E-state index in [1.165, 1.54) is 11.9 Å². The van der Waals surface area contributed by atoms with Gasteiger partial charge in [-0.05, 0) is 19.1 Å². The van der Waals surface area contributed by atoms with E-state index in [0.29, 0.717) is 39.8 Å². The monoisotopic (exact) mass is 362 g/mol. The summed E-state index contributed by atoms with van der Waals surface area (Å²) >= 11 is 0. The number of nitrogens with one attached hydrogen (secondary N) is 1. The molecule has 0 aliphatic rings. The normalized spacial score (nSPS) is 10.8. The third kappa shape index (κ3) is 3.15. The van der Waals surface area contributed by atoms with Crippen LogP contribution in [0.5, 0.6) is 11.5 Å². The molecule has 4 aromatic rings. The highest BCUT2D eigenvalue weighted by molar-refractivity contribution is 5.99. The lowest BCUT2D eigenvalue weighted by Gasteiger charge is -2.12. The van der Waals surface area contributed by atoms with Crippen molar-refractivity contribution in [3.63, 3.8) is 0 Å². The van der Waals surface area contributed by atoms with Gasteiger partial charge in [0.1, 0.15) is 34.7 Å². The molecular weight excluding hydrogens is 344 g/mol. The van der Waals surface area contributed by atoms with Crippen LogP contribution < -0.4 is 14.8 Å². The molecule has 0 saturated carbocycles. The Morgan fingerprint density at radius 2 is 1.78 bits per heavy atom. The van der Waals surface area contributed by atoms with Crippen LogP contribution in [0.25, 0.3) is 22.4 Å². The summed E-state index contributed by atoms with van der Waals surface area (Å²) in [6, 6.07) is 13.5. The number of rotatable bonds is 5. The van der Waals surface area contributed by atoms with Crippen LogP contribution in [0.1, 0.15) is 5.56 Å². The Labute approximate surface area is 156 Å². The van der Waals surface area contributed by atoms with Gasteiger partial charge in [0.15, 0.2) is 0 Å². The molecule has 27 heavy (non-hydrogen) atoms. The minimum Gasteiger partial charge on any atom is -0.497 e. The molecule has 0 aliphatic heterocycles. The Hall–Kier alpha value is -3.61. The van der Waals surface area contributed by atoms with E-state index in [1.54, 1.807) is 14.2 Å². The molecular formula is C20H18N4O3. The van der Waals surface area contributed by atoms with Crippen LogP contribution in [0.3, 0.4) is 0 Å². The highest BCUT2D eigenvalue weighted by atomic mass is 16.5. The Bertz CT molecular complexity index is 1090. The van der Waals surface area contributed by atoms with Crippen molar-refractivity contribution in [1.29, 1.82) is 0 Å². The number of hydrogen-bond acceptors (Lipinski definition) is 7. The van der Waals surface area contributed by atoms with Crippen molar-refractivity contribution in [2.75, 3.05) is 19.5 Å². The molecule has 0 fully saturated rings. The molecule has 0 amide bonds. The fourth-order valence-corrected chi connectivity index (χ4v) is 2.83. The van der Waals surface area contributed by atoms with Crippen LogP contribution in [0.2, 0.25) is 0 Å². The van der Waals surface area contributed by atoms with Crippen LogP contribution >= 0.6 is 0 Å². The highest BCUT2D eigenvalue weighted by Gasteiger charge is 2.18. The SMILES string of the molecule is COc1ccc(OC)c(Nc2ncnc3onc(-c4ccc(C)cc4)c23)c1. The largest absolute Gasteiger partial charge is 0.497 e. The Balaban J connectivity index is 1.83. The second-order valence-electron chi connectivity index (χ2n) is 5.99. The maximum absolute atomic E-state index is 5.44. The zero-order chi connectivity index (χ0) is 18.8. The van der Waals surface area contributed by atoms with E-state index in [9.17, 15) is 0 Å². The lowest BCUT2D eigenvalue weighted by molar-refractivity contribution is 0.405. The molecule has 2 aromatic carbocycles. The Kier molecular flexibility index (Phi) is 4.33. The molecule has 0 radical (unpaired) electrons. The molecule has 0 unspecified atom stereocenters. The average molecular weight is 362 g/mol. The first-order valence-corrected chi connectivity index (χ1v) is 8.36. The summed E-state index contributed by atoms with van der Waals surface area (Å²) in [4.78, 5) is 8.58. The fourth-order valence-electron chi connectivity index (χ4n) is 2.83. The molecule has 4 rings (SSSR count). The molecule has 2 aromatic heterocycles. The maximum Gasteiger partial charge on any atom is 0.263 e. The third-order valence-electron chi connectivity index (χ3n) is 4.26. The number of benzene rings is 2. The number of anilines is 2. The number of aryl methyl sites for hydroxylation is 1. The predicted molar refractivity (Wildman–Crippen MR) is 103 cm³/mol. The molecule has 0 bridgehead atoms. The van der Waals surface area contributed by atoms with Crippen molar-refractivity contribution in [2.24, 2.45) is 0 Å². The standard InChI is InChI=1S/C20H18N4O3/c1-12-4-6-13(7-5-12)18-17-19(21-11-22-20(17)27-24-18)23-15-10-14(25-2)8-9-16(15)26-3/h4-11H,1-3H3,(H,21,22,23). The summed E-state index contributed by atoms with van der Waals surface area (Å²) < 4.78 is 16.2. The number of methoxy groups -OCH3 is 2. The Morgan fingerprint density at radius 1 is 0.963 bits per heavy atom. The zero-order valence-electron chi connectivity index (χ0n) is 15.2. The van der Waals surface area contributed by atoms with Crippen molar-refractivity contribution in [1.82, 2.24) is 15.1 Å². The van der Waals surface area contributed by atoms with Gasteiger partial charge < -0.3 is 19.3 Å². The number of aromatic nitrogens is 3. The van der Waals surface area contributed by atoms with Gasteiger partial charge in [0.2, 0.25) is 0 Å². The second-order valence-corrected chi connectivity index (χ2v) is 5.99. The highest BCUT2D eigenvalue weighted by Crippen LogP contribution is 2.36. The van der Waals surface area contributed by atoms with Crippen molar-refractivity contribution in [3.05, 3.63) is 54.4 Å². The number of nitrogens with zero attached hydrogens (tertiary/aromatic N) is 3. The van der Waals surface area contributed by atoms with Crippen molar-refractivity contribution < 1.29 is 14.0 Å². The van der Waals surface area contributed by atoms with Gasteiger partial charge in [0, 0.05) is 11.6 Å². The van der Waals surface area contributed by atoms with Crippen LogP contribution in [-0.2, 0) is 0 Å². The molecule has 0 aliphatic carbocycles. The van der Waals surface area contributed by atoms with E-state index in [2.05, 4.69) is 20.4 Å². The van der Waals surface area contributed by atoms with Crippen LogP contribution in [-0.4, -0.2) is 29.3 Å². The maximum atomic E-state index is 5.44. The van der Waals surface area contributed by atoms with E-state index < -0.39 is 0 Å². The zero-order valence-corrected chi connectivity index (χ0v) is 15.2. The summed E-state index contributed by atoms with van der Waals surface area (Å²) in [5, 5.41) is 8.19. The molecule has 0 spiro atoms. The minimum absolute atomic E-state index is 0.407. The van der Waals surface area contributed by atoms with Crippen LogP contribution in [0.4, 0.5) is 11.5 Å². The first-order chi connectivity index (χ1) is 13.2. The fraction of sp³-hybridized carbons (Fsp3) is 0.150. The molecule has 136 valence electrons. The lowest BCUT2D eigenvalue weighted by Crippen LogP contribution is -1.99. The molecule has 2 heterocycles. The number of hydrogen-bond donors (Lipinski definition) is 1. The molecule has 0 atom stereocenters. The first-order valence-electron chi connectivity index (χ1n) is 8.36. The van der Waals surface area contributed by atoms with E-state index in [4.69, 9.17) is 14.0 Å². The smallest absolute Gasteiger partial charge is 0.263 e. The summed E-state index contributed by atoms with van der Waals surface area (Å²) in [5.74, 6) is 1.94. The number of fused-ring (bicyclic) bond motifs is 1. The van der Waals surface area contributed by atoms with E-state index in [-0.39, 0.29) is 0 Å². The molecule has 1 N–H and O–H groups in total.